The third-order valence-electron chi connectivity index (χ3n) is 4.16. The lowest BCUT2D eigenvalue weighted by atomic mass is 10.2. The Kier molecular flexibility index (Phi) is 5.49. The fourth-order valence-electron chi connectivity index (χ4n) is 2.75. The highest BCUT2D eigenvalue weighted by Crippen LogP contribution is 2.28. The first-order valence-corrected chi connectivity index (χ1v) is 9.79. The SMILES string of the molecule is O=C(C=Cc1cn(-c2ccccc2)nc1-c1cccs1)OCC(=O)c1ccc[nH]1. The summed E-state index contributed by atoms with van der Waals surface area (Å²) >= 11 is 1.57. The molecular weight excluding hydrogens is 386 g/mol. The van der Waals surface area contributed by atoms with Gasteiger partial charge in [0.25, 0.3) is 0 Å². The number of carbonyl (C=O) groups excluding carboxylic acids is 2. The van der Waals surface area contributed by atoms with Gasteiger partial charge in [0.1, 0.15) is 5.69 Å². The van der Waals surface area contributed by atoms with Crippen molar-refractivity contribution in [2.24, 2.45) is 0 Å². The highest BCUT2D eigenvalue weighted by molar-refractivity contribution is 7.13. The van der Waals surface area contributed by atoms with E-state index in [4.69, 9.17) is 4.74 Å². The Balaban J connectivity index is 1.51. The summed E-state index contributed by atoms with van der Waals surface area (Å²) in [6, 6.07) is 17.0. The molecule has 29 heavy (non-hydrogen) atoms. The van der Waals surface area contributed by atoms with Crippen LogP contribution in [0.3, 0.4) is 0 Å². The number of esters is 1. The number of benzene rings is 1. The van der Waals surface area contributed by atoms with Gasteiger partial charge in [0.05, 0.1) is 16.3 Å². The van der Waals surface area contributed by atoms with Crippen molar-refractivity contribution in [1.82, 2.24) is 14.8 Å². The van der Waals surface area contributed by atoms with Gasteiger partial charge >= 0.3 is 5.97 Å². The van der Waals surface area contributed by atoms with Crippen LogP contribution in [0.15, 0.2) is 78.4 Å². The summed E-state index contributed by atoms with van der Waals surface area (Å²) in [6.07, 6.45) is 6.47. The molecule has 0 saturated carbocycles. The van der Waals surface area contributed by atoms with E-state index in [1.165, 1.54) is 6.08 Å². The van der Waals surface area contributed by atoms with E-state index in [0.29, 0.717) is 5.69 Å². The number of nitrogens with one attached hydrogen (secondary N) is 1. The van der Waals surface area contributed by atoms with Crippen molar-refractivity contribution >= 4 is 29.2 Å². The molecule has 0 fully saturated rings. The molecule has 3 aromatic heterocycles. The number of H-pyrrole nitrogens is 1. The Hall–Kier alpha value is -3.71. The largest absolute Gasteiger partial charge is 0.454 e. The van der Waals surface area contributed by atoms with Crippen LogP contribution >= 0.6 is 11.3 Å². The number of aromatic nitrogens is 3. The summed E-state index contributed by atoms with van der Waals surface area (Å²) in [5.41, 5.74) is 2.88. The Morgan fingerprint density at radius 2 is 1.97 bits per heavy atom. The lowest BCUT2D eigenvalue weighted by Gasteiger charge is -1.99. The summed E-state index contributed by atoms with van der Waals surface area (Å²) < 4.78 is 6.82. The van der Waals surface area contributed by atoms with Crippen LogP contribution in [0.2, 0.25) is 0 Å². The molecule has 7 heteroatoms. The predicted octanol–water partition coefficient (Wildman–Crippen LogP) is 4.37. The predicted molar refractivity (Wildman–Crippen MR) is 112 cm³/mol. The lowest BCUT2D eigenvalue weighted by molar-refractivity contribution is -0.136. The van der Waals surface area contributed by atoms with Crippen LogP contribution in [-0.4, -0.2) is 33.1 Å². The number of ether oxygens (including phenoxy) is 1. The van der Waals surface area contributed by atoms with Crippen LogP contribution in [-0.2, 0) is 9.53 Å². The fourth-order valence-corrected chi connectivity index (χ4v) is 3.48. The molecule has 6 nitrogen and oxygen atoms in total. The van der Waals surface area contributed by atoms with E-state index in [-0.39, 0.29) is 12.4 Å². The van der Waals surface area contributed by atoms with Crippen LogP contribution < -0.4 is 0 Å². The number of para-hydroxylation sites is 1. The molecule has 4 aromatic rings. The number of rotatable bonds is 7. The number of aromatic amines is 1. The second-order valence-electron chi connectivity index (χ2n) is 6.14. The van der Waals surface area contributed by atoms with E-state index in [9.17, 15) is 9.59 Å². The number of thiophene rings is 1. The molecule has 0 aliphatic carbocycles. The third kappa shape index (κ3) is 4.41. The van der Waals surface area contributed by atoms with E-state index < -0.39 is 5.97 Å². The quantitative estimate of drug-likeness (QED) is 0.282. The van der Waals surface area contributed by atoms with E-state index >= 15 is 0 Å². The number of nitrogens with zero attached hydrogens (tertiary/aromatic N) is 2. The second-order valence-corrected chi connectivity index (χ2v) is 7.09. The highest BCUT2D eigenvalue weighted by Gasteiger charge is 2.13. The minimum Gasteiger partial charge on any atom is -0.454 e. The molecule has 0 atom stereocenters. The Bertz CT molecular complexity index is 1130. The van der Waals surface area contributed by atoms with Gasteiger partial charge < -0.3 is 9.72 Å². The topological polar surface area (TPSA) is 77.0 Å². The van der Waals surface area contributed by atoms with Crippen LogP contribution in [0.1, 0.15) is 16.1 Å². The van der Waals surface area contributed by atoms with Gasteiger partial charge in [-0.1, -0.05) is 24.3 Å². The third-order valence-corrected chi connectivity index (χ3v) is 5.04. The number of ketones is 1. The maximum absolute atomic E-state index is 12.1. The van der Waals surface area contributed by atoms with Crippen LogP contribution in [0, 0.1) is 0 Å². The lowest BCUT2D eigenvalue weighted by Crippen LogP contribution is -2.12. The molecular formula is C22H17N3O3S. The first-order valence-electron chi connectivity index (χ1n) is 8.91. The number of hydrogen-bond acceptors (Lipinski definition) is 5. The molecule has 0 aliphatic heterocycles. The van der Waals surface area contributed by atoms with E-state index in [0.717, 1.165) is 21.8 Å². The van der Waals surface area contributed by atoms with Gasteiger partial charge in [0.2, 0.25) is 5.78 Å². The Morgan fingerprint density at radius 1 is 1.10 bits per heavy atom. The number of hydrogen-bond donors (Lipinski definition) is 1. The molecule has 4 rings (SSSR count). The van der Waals surface area contributed by atoms with Crippen LogP contribution in [0.4, 0.5) is 0 Å². The molecule has 1 N–H and O–H groups in total. The van der Waals surface area contributed by atoms with Crippen molar-refractivity contribution in [3.8, 4) is 16.3 Å². The van der Waals surface area contributed by atoms with Crippen molar-refractivity contribution in [2.45, 2.75) is 0 Å². The standard InChI is InChI=1S/C22H17N3O3S/c26-19(18-8-4-12-23-18)15-28-21(27)11-10-16-14-25(17-6-2-1-3-7-17)24-22(16)20-9-5-13-29-20/h1-14,23H,15H2. The van der Waals surface area contributed by atoms with Crippen molar-refractivity contribution in [3.05, 3.63) is 89.7 Å². The molecule has 0 spiro atoms. The first kappa shape index (κ1) is 18.6. The highest BCUT2D eigenvalue weighted by atomic mass is 32.1. The molecule has 0 unspecified atom stereocenters. The zero-order valence-electron chi connectivity index (χ0n) is 15.3. The van der Waals surface area contributed by atoms with Gasteiger partial charge in [0, 0.05) is 24.0 Å². The smallest absolute Gasteiger partial charge is 0.331 e. The van der Waals surface area contributed by atoms with Crippen molar-refractivity contribution < 1.29 is 14.3 Å². The van der Waals surface area contributed by atoms with E-state index in [1.807, 2.05) is 54.0 Å². The zero-order valence-corrected chi connectivity index (χ0v) is 16.1. The average molecular weight is 403 g/mol. The van der Waals surface area contributed by atoms with Gasteiger partial charge in [-0.25, -0.2) is 9.48 Å². The molecule has 3 heterocycles. The van der Waals surface area contributed by atoms with Gasteiger partial charge in [0.15, 0.2) is 6.61 Å². The number of Topliss-reactive ketones (excluding diaryl/α,β-unsaturated/α-hetero) is 1. The van der Waals surface area contributed by atoms with E-state index in [1.54, 1.807) is 40.4 Å². The normalized spacial score (nSPS) is 11.0. The van der Waals surface area contributed by atoms with Gasteiger partial charge in [-0.15, -0.1) is 11.3 Å². The van der Waals surface area contributed by atoms with Crippen LogP contribution in [0.5, 0.6) is 0 Å². The minimum atomic E-state index is -0.588. The summed E-state index contributed by atoms with van der Waals surface area (Å²) in [5, 5.41) is 6.65. The second kappa shape index (κ2) is 8.53. The summed E-state index contributed by atoms with van der Waals surface area (Å²) in [5.74, 6) is -0.873. The van der Waals surface area contributed by atoms with Crippen molar-refractivity contribution in [2.75, 3.05) is 6.61 Å². The zero-order chi connectivity index (χ0) is 20.1. The first-order chi connectivity index (χ1) is 14.2. The number of carbonyl (C=O) groups is 2. The summed E-state index contributed by atoms with van der Waals surface area (Å²) in [4.78, 5) is 27.8. The van der Waals surface area contributed by atoms with Gasteiger partial charge in [-0.2, -0.15) is 5.10 Å². The maximum Gasteiger partial charge on any atom is 0.331 e. The molecule has 0 amide bonds. The molecule has 144 valence electrons. The van der Waals surface area contributed by atoms with Crippen molar-refractivity contribution in [1.29, 1.82) is 0 Å². The molecule has 1 aromatic carbocycles. The van der Waals surface area contributed by atoms with Crippen LogP contribution in [0.25, 0.3) is 22.3 Å². The monoisotopic (exact) mass is 403 g/mol. The summed E-state index contributed by atoms with van der Waals surface area (Å²) in [6.45, 7) is -0.315. The average Bonchev–Trinajstić information content (AvgIpc) is 3.52. The fraction of sp³-hybridized carbons (Fsp3) is 0.0455. The van der Waals surface area contributed by atoms with E-state index in [2.05, 4.69) is 10.1 Å². The summed E-state index contributed by atoms with van der Waals surface area (Å²) in [7, 11) is 0. The maximum atomic E-state index is 12.1. The van der Waals surface area contributed by atoms with Crippen molar-refractivity contribution in [3.63, 3.8) is 0 Å². The Labute approximate surface area is 171 Å². The van der Waals surface area contributed by atoms with Gasteiger partial charge in [-0.05, 0) is 41.8 Å². The molecule has 0 radical (unpaired) electrons. The Morgan fingerprint density at radius 3 is 2.69 bits per heavy atom. The van der Waals surface area contributed by atoms with Gasteiger partial charge in [-0.3, -0.25) is 4.79 Å². The minimum absolute atomic E-state index is 0.284. The molecule has 0 bridgehead atoms. The molecule has 0 saturated heterocycles. The molecule has 0 aliphatic rings.